The molecule has 3 nitrogen and oxygen atoms in total. The fourth-order valence-corrected chi connectivity index (χ4v) is 2.43. The van der Waals surface area contributed by atoms with Gasteiger partial charge in [0.15, 0.2) is 0 Å². The van der Waals surface area contributed by atoms with Crippen molar-refractivity contribution in [2.75, 3.05) is 13.2 Å². The Hall–Kier alpha value is -0.570. The van der Waals surface area contributed by atoms with Gasteiger partial charge in [0.25, 0.3) is 0 Å². The highest BCUT2D eigenvalue weighted by Gasteiger charge is 2.19. The van der Waals surface area contributed by atoms with Crippen LogP contribution in [0.25, 0.3) is 0 Å². The molecule has 0 aromatic carbocycles. The molecule has 3 heteroatoms. The smallest absolute Gasteiger partial charge is 0.306 e. The zero-order valence-electron chi connectivity index (χ0n) is 12.5. The topological polar surface area (TPSA) is 35.5 Å². The molecule has 0 bridgehead atoms. The van der Waals surface area contributed by atoms with Crippen LogP contribution in [0.15, 0.2) is 0 Å². The van der Waals surface area contributed by atoms with Crippen LogP contribution < -0.4 is 0 Å². The Kier molecular flexibility index (Phi) is 9.78. The van der Waals surface area contributed by atoms with Gasteiger partial charge in [-0.15, -0.1) is 0 Å². The van der Waals surface area contributed by atoms with Crippen molar-refractivity contribution in [3.63, 3.8) is 0 Å². The number of esters is 1. The molecule has 1 fully saturated rings. The summed E-state index contributed by atoms with van der Waals surface area (Å²) in [6, 6.07) is 0. The van der Waals surface area contributed by atoms with Gasteiger partial charge in [0, 0.05) is 12.8 Å². The SMILES string of the molecule is CCCCCCCCCCCC(=O)OC1CCOC1. The van der Waals surface area contributed by atoms with E-state index in [2.05, 4.69) is 6.92 Å². The molecule has 0 spiro atoms. The second kappa shape index (κ2) is 11.3. The van der Waals surface area contributed by atoms with E-state index in [1.165, 1.54) is 44.9 Å². The summed E-state index contributed by atoms with van der Waals surface area (Å²) in [6.45, 7) is 3.57. The molecular formula is C16H30O3. The van der Waals surface area contributed by atoms with Crippen molar-refractivity contribution in [1.82, 2.24) is 0 Å². The number of unbranched alkanes of at least 4 members (excludes halogenated alkanes) is 8. The van der Waals surface area contributed by atoms with E-state index in [-0.39, 0.29) is 12.1 Å². The van der Waals surface area contributed by atoms with Crippen LogP contribution in [0.5, 0.6) is 0 Å². The maximum absolute atomic E-state index is 11.5. The molecule has 1 heterocycles. The Bertz CT molecular complexity index is 222. The summed E-state index contributed by atoms with van der Waals surface area (Å²) in [6.07, 6.45) is 13.0. The molecule has 0 amide bonds. The van der Waals surface area contributed by atoms with Gasteiger partial charge in [-0.2, -0.15) is 0 Å². The zero-order chi connectivity index (χ0) is 13.8. The molecule has 1 aliphatic heterocycles. The summed E-state index contributed by atoms with van der Waals surface area (Å²) in [5, 5.41) is 0. The summed E-state index contributed by atoms with van der Waals surface area (Å²) in [4.78, 5) is 11.5. The highest BCUT2D eigenvalue weighted by molar-refractivity contribution is 5.69. The largest absolute Gasteiger partial charge is 0.460 e. The lowest BCUT2D eigenvalue weighted by Crippen LogP contribution is -2.17. The first-order valence-electron chi connectivity index (χ1n) is 8.10. The van der Waals surface area contributed by atoms with Gasteiger partial charge in [0.2, 0.25) is 0 Å². The quantitative estimate of drug-likeness (QED) is 0.416. The predicted octanol–water partition coefficient (Wildman–Crippen LogP) is 4.24. The molecule has 1 saturated heterocycles. The molecule has 0 radical (unpaired) electrons. The number of rotatable bonds is 11. The number of carbonyl (C=O) groups is 1. The summed E-state index contributed by atoms with van der Waals surface area (Å²) in [7, 11) is 0. The minimum absolute atomic E-state index is 0.0195. The lowest BCUT2D eigenvalue weighted by molar-refractivity contribution is -0.149. The number of hydrogen-bond donors (Lipinski definition) is 0. The Morgan fingerprint density at radius 1 is 1.05 bits per heavy atom. The van der Waals surface area contributed by atoms with Gasteiger partial charge in [-0.1, -0.05) is 58.3 Å². The first kappa shape index (κ1) is 16.5. The number of hydrogen-bond acceptors (Lipinski definition) is 3. The molecule has 112 valence electrons. The Balaban J connectivity index is 1.80. The van der Waals surface area contributed by atoms with Crippen molar-refractivity contribution in [2.24, 2.45) is 0 Å². The van der Waals surface area contributed by atoms with Crippen molar-refractivity contribution in [3.05, 3.63) is 0 Å². The molecule has 0 N–H and O–H groups in total. The standard InChI is InChI=1S/C16H30O3/c1-2-3-4-5-6-7-8-9-10-11-16(17)19-15-12-13-18-14-15/h15H,2-14H2,1H3. The number of ether oxygens (including phenoxy) is 2. The van der Waals surface area contributed by atoms with Gasteiger partial charge in [0.1, 0.15) is 6.10 Å². The van der Waals surface area contributed by atoms with E-state index in [1.807, 2.05) is 0 Å². The van der Waals surface area contributed by atoms with Crippen LogP contribution in [0.4, 0.5) is 0 Å². The van der Waals surface area contributed by atoms with E-state index in [4.69, 9.17) is 9.47 Å². The molecule has 0 aromatic rings. The van der Waals surface area contributed by atoms with E-state index >= 15 is 0 Å². The summed E-state index contributed by atoms with van der Waals surface area (Å²) < 4.78 is 10.5. The van der Waals surface area contributed by atoms with Crippen molar-refractivity contribution < 1.29 is 14.3 Å². The summed E-state index contributed by atoms with van der Waals surface area (Å²) in [5.41, 5.74) is 0. The van der Waals surface area contributed by atoms with E-state index in [9.17, 15) is 4.79 Å². The highest BCUT2D eigenvalue weighted by atomic mass is 16.6. The van der Waals surface area contributed by atoms with Gasteiger partial charge in [0.05, 0.1) is 13.2 Å². The van der Waals surface area contributed by atoms with E-state index in [0.29, 0.717) is 13.0 Å². The van der Waals surface area contributed by atoms with Gasteiger partial charge in [-0.25, -0.2) is 0 Å². The molecule has 1 atom stereocenters. The molecule has 0 aliphatic carbocycles. The molecular weight excluding hydrogens is 240 g/mol. The second-order valence-corrected chi connectivity index (χ2v) is 5.55. The van der Waals surface area contributed by atoms with Crippen LogP contribution in [0.2, 0.25) is 0 Å². The first-order chi connectivity index (χ1) is 9.33. The Morgan fingerprint density at radius 3 is 2.26 bits per heavy atom. The monoisotopic (exact) mass is 270 g/mol. The average molecular weight is 270 g/mol. The minimum atomic E-state index is -0.0431. The summed E-state index contributed by atoms with van der Waals surface area (Å²) in [5.74, 6) is -0.0431. The number of carbonyl (C=O) groups excluding carboxylic acids is 1. The minimum Gasteiger partial charge on any atom is -0.460 e. The maximum atomic E-state index is 11.5. The Morgan fingerprint density at radius 2 is 1.68 bits per heavy atom. The third-order valence-corrected chi connectivity index (χ3v) is 3.67. The van der Waals surface area contributed by atoms with Crippen LogP contribution >= 0.6 is 0 Å². The van der Waals surface area contributed by atoms with Crippen LogP contribution in [0, 0.1) is 0 Å². The second-order valence-electron chi connectivity index (χ2n) is 5.55. The predicted molar refractivity (Wildman–Crippen MR) is 77.2 cm³/mol. The van der Waals surface area contributed by atoms with E-state index in [1.54, 1.807) is 0 Å². The molecule has 1 unspecified atom stereocenters. The van der Waals surface area contributed by atoms with Crippen LogP contribution in [0.3, 0.4) is 0 Å². The van der Waals surface area contributed by atoms with E-state index < -0.39 is 0 Å². The van der Waals surface area contributed by atoms with Gasteiger partial charge in [-0.05, 0) is 6.42 Å². The lowest BCUT2D eigenvalue weighted by Gasteiger charge is -2.09. The molecule has 1 rings (SSSR count). The zero-order valence-corrected chi connectivity index (χ0v) is 12.5. The fraction of sp³-hybridized carbons (Fsp3) is 0.938. The van der Waals surface area contributed by atoms with Gasteiger partial charge < -0.3 is 9.47 Å². The normalized spacial score (nSPS) is 18.7. The first-order valence-corrected chi connectivity index (χ1v) is 8.10. The molecule has 19 heavy (non-hydrogen) atoms. The third kappa shape index (κ3) is 9.04. The third-order valence-electron chi connectivity index (χ3n) is 3.67. The molecule has 0 saturated carbocycles. The average Bonchev–Trinajstić information content (AvgIpc) is 2.89. The van der Waals surface area contributed by atoms with E-state index in [0.717, 1.165) is 25.9 Å². The van der Waals surface area contributed by atoms with Crippen LogP contribution in [0.1, 0.15) is 77.6 Å². The van der Waals surface area contributed by atoms with Crippen LogP contribution in [-0.4, -0.2) is 25.3 Å². The summed E-state index contributed by atoms with van der Waals surface area (Å²) >= 11 is 0. The molecule has 1 aliphatic rings. The van der Waals surface area contributed by atoms with Crippen molar-refractivity contribution in [3.8, 4) is 0 Å². The maximum Gasteiger partial charge on any atom is 0.306 e. The van der Waals surface area contributed by atoms with Gasteiger partial charge >= 0.3 is 5.97 Å². The lowest BCUT2D eigenvalue weighted by atomic mass is 10.1. The highest BCUT2D eigenvalue weighted by Crippen LogP contribution is 2.13. The van der Waals surface area contributed by atoms with Crippen LogP contribution in [-0.2, 0) is 14.3 Å². The fourth-order valence-electron chi connectivity index (χ4n) is 2.43. The Labute approximate surface area is 118 Å². The van der Waals surface area contributed by atoms with Gasteiger partial charge in [-0.3, -0.25) is 4.79 Å². The molecule has 0 aromatic heterocycles. The van der Waals surface area contributed by atoms with Crippen molar-refractivity contribution in [2.45, 2.75) is 83.7 Å². The van der Waals surface area contributed by atoms with Crippen molar-refractivity contribution >= 4 is 5.97 Å². The van der Waals surface area contributed by atoms with Crippen molar-refractivity contribution in [1.29, 1.82) is 0 Å².